The molecule has 1 heterocycles. The number of Topliss-reactive ketones (excluding diaryl/α,β-unsaturated/α-hetero) is 1. The summed E-state index contributed by atoms with van der Waals surface area (Å²) in [7, 11) is 0. The summed E-state index contributed by atoms with van der Waals surface area (Å²) >= 11 is 0. The van der Waals surface area contributed by atoms with Gasteiger partial charge in [-0.25, -0.2) is 9.97 Å². The summed E-state index contributed by atoms with van der Waals surface area (Å²) in [6.07, 6.45) is 6.40. The molecule has 0 bridgehead atoms. The predicted octanol–water partition coefficient (Wildman–Crippen LogP) is 1.47. The molecule has 1 saturated carbocycles. The third-order valence-electron chi connectivity index (χ3n) is 2.50. The van der Waals surface area contributed by atoms with Crippen LogP contribution in [0, 0.1) is 5.92 Å². The minimum atomic E-state index is -0.291. The van der Waals surface area contributed by atoms with Crippen molar-refractivity contribution in [2.45, 2.75) is 25.9 Å². The van der Waals surface area contributed by atoms with Crippen molar-refractivity contribution >= 4 is 5.78 Å². The summed E-state index contributed by atoms with van der Waals surface area (Å²) < 4.78 is 5.48. The number of hydrogen-bond acceptors (Lipinski definition) is 4. The molecule has 4 heteroatoms. The van der Waals surface area contributed by atoms with Crippen molar-refractivity contribution in [2.24, 2.45) is 5.92 Å². The monoisotopic (exact) mass is 206 g/mol. The zero-order valence-electron chi connectivity index (χ0n) is 8.72. The highest BCUT2D eigenvalue weighted by atomic mass is 16.5. The summed E-state index contributed by atoms with van der Waals surface area (Å²) in [5, 5.41) is 0. The number of ether oxygens (including phenoxy) is 1. The molecule has 1 atom stereocenters. The maximum atomic E-state index is 12.0. The molecule has 1 aromatic heterocycles. The number of hydrogen-bond donors (Lipinski definition) is 0. The van der Waals surface area contributed by atoms with Crippen LogP contribution >= 0.6 is 0 Å². The molecule has 15 heavy (non-hydrogen) atoms. The summed E-state index contributed by atoms with van der Waals surface area (Å²) in [4.78, 5) is 19.7. The molecule has 2 rings (SSSR count). The van der Waals surface area contributed by atoms with Crippen molar-refractivity contribution in [2.75, 3.05) is 6.61 Å². The molecule has 0 aliphatic heterocycles. The summed E-state index contributed by atoms with van der Waals surface area (Å²) in [6, 6.07) is 0. The van der Waals surface area contributed by atoms with Gasteiger partial charge >= 0.3 is 0 Å². The van der Waals surface area contributed by atoms with E-state index in [0.717, 1.165) is 12.8 Å². The molecular weight excluding hydrogens is 192 g/mol. The Morgan fingerprint density at radius 1 is 1.53 bits per heavy atom. The Hall–Kier alpha value is -1.29. The molecular formula is C11H14N2O2. The van der Waals surface area contributed by atoms with Crippen LogP contribution in [-0.4, -0.2) is 28.5 Å². The van der Waals surface area contributed by atoms with Crippen LogP contribution in [0.1, 0.15) is 30.1 Å². The van der Waals surface area contributed by atoms with Gasteiger partial charge in [-0.05, 0) is 25.7 Å². The number of aromatic nitrogens is 2. The maximum absolute atomic E-state index is 12.0. The van der Waals surface area contributed by atoms with Crippen molar-refractivity contribution in [3.8, 4) is 0 Å². The summed E-state index contributed by atoms with van der Waals surface area (Å²) in [5.41, 5.74) is 0.544. The van der Waals surface area contributed by atoms with E-state index in [4.69, 9.17) is 4.74 Å². The molecule has 1 aromatic rings. The summed E-state index contributed by atoms with van der Waals surface area (Å²) in [6.45, 7) is 2.48. The van der Waals surface area contributed by atoms with Crippen LogP contribution in [-0.2, 0) is 4.74 Å². The fourth-order valence-corrected chi connectivity index (χ4v) is 1.59. The van der Waals surface area contributed by atoms with Gasteiger partial charge in [-0.2, -0.15) is 0 Å². The Kier molecular flexibility index (Phi) is 3.06. The van der Waals surface area contributed by atoms with E-state index >= 15 is 0 Å². The van der Waals surface area contributed by atoms with Gasteiger partial charge in [-0.3, -0.25) is 4.79 Å². The maximum Gasteiger partial charge on any atom is 0.194 e. The van der Waals surface area contributed by atoms with Crippen LogP contribution < -0.4 is 0 Å². The van der Waals surface area contributed by atoms with Gasteiger partial charge in [-0.1, -0.05) is 0 Å². The lowest BCUT2D eigenvalue weighted by Crippen LogP contribution is -2.26. The molecule has 1 aliphatic carbocycles. The first kappa shape index (κ1) is 10.2. The number of nitrogens with zero attached hydrogens (tertiary/aromatic N) is 2. The lowest BCUT2D eigenvalue weighted by Gasteiger charge is -2.14. The van der Waals surface area contributed by atoms with Crippen LogP contribution in [0.15, 0.2) is 18.7 Å². The highest BCUT2D eigenvalue weighted by molar-refractivity contribution is 5.99. The summed E-state index contributed by atoms with van der Waals surface area (Å²) in [5.74, 6) is 0.414. The van der Waals surface area contributed by atoms with E-state index in [1.165, 1.54) is 6.33 Å². The van der Waals surface area contributed by atoms with Gasteiger partial charge in [0.1, 0.15) is 12.4 Å². The van der Waals surface area contributed by atoms with E-state index in [0.29, 0.717) is 18.1 Å². The van der Waals surface area contributed by atoms with Crippen molar-refractivity contribution in [3.63, 3.8) is 0 Å². The first-order valence-corrected chi connectivity index (χ1v) is 5.23. The van der Waals surface area contributed by atoms with E-state index < -0.39 is 0 Å². The van der Waals surface area contributed by atoms with Crippen molar-refractivity contribution in [1.82, 2.24) is 9.97 Å². The number of carbonyl (C=O) groups is 1. The van der Waals surface area contributed by atoms with E-state index in [-0.39, 0.29) is 11.9 Å². The Balaban J connectivity index is 2.10. The molecule has 0 radical (unpaired) electrons. The lowest BCUT2D eigenvalue weighted by molar-refractivity contribution is 0.0374. The SMILES string of the molecule is CCOC(C(=O)c1cncnc1)C1CC1. The highest BCUT2D eigenvalue weighted by Crippen LogP contribution is 2.35. The van der Waals surface area contributed by atoms with Gasteiger partial charge in [0.15, 0.2) is 5.78 Å². The van der Waals surface area contributed by atoms with Crippen molar-refractivity contribution in [3.05, 3.63) is 24.3 Å². The molecule has 1 aliphatic rings. The number of rotatable bonds is 5. The smallest absolute Gasteiger partial charge is 0.194 e. The van der Waals surface area contributed by atoms with Gasteiger partial charge in [0.2, 0.25) is 0 Å². The zero-order valence-corrected chi connectivity index (χ0v) is 8.72. The molecule has 1 unspecified atom stereocenters. The third kappa shape index (κ3) is 2.39. The third-order valence-corrected chi connectivity index (χ3v) is 2.50. The molecule has 0 aromatic carbocycles. The quantitative estimate of drug-likeness (QED) is 0.685. The molecule has 4 nitrogen and oxygen atoms in total. The highest BCUT2D eigenvalue weighted by Gasteiger charge is 2.37. The minimum absolute atomic E-state index is 0.0138. The fraction of sp³-hybridized carbons (Fsp3) is 0.545. The number of ketones is 1. The van der Waals surface area contributed by atoms with E-state index in [1.807, 2.05) is 6.92 Å². The van der Waals surface area contributed by atoms with Crippen LogP contribution in [0.3, 0.4) is 0 Å². The average Bonchev–Trinajstić information content (AvgIpc) is 3.10. The van der Waals surface area contributed by atoms with Crippen LogP contribution in [0.2, 0.25) is 0 Å². The van der Waals surface area contributed by atoms with Crippen molar-refractivity contribution in [1.29, 1.82) is 0 Å². The van der Waals surface area contributed by atoms with Gasteiger partial charge in [0.05, 0.1) is 5.56 Å². The predicted molar refractivity (Wildman–Crippen MR) is 54.5 cm³/mol. The largest absolute Gasteiger partial charge is 0.370 e. The van der Waals surface area contributed by atoms with Crippen molar-refractivity contribution < 1.29 is 9.53 Å². The first-order chi connectivity index (χ1) is 7.33. The second kappa shape index (κ2) is 4.49. The van der Waals surface area contributed by atoms with E-state index in [1.54, 1.807) is 12.4 Å². The second-order valence-corrected chi connectivity index (χ2v) is 3.70. The van der Waals surface area contributed by atoms with E-state index in [2.05, 4.69) is 9.97 Å². The standard InChI is InChI=1S/C11H14N2O2/c1-2-15-11(8-3-4-8)10(14)9-5-12-7-13-6-9/h5-8,11H,2-4H2,1H3. The molecule has 0 saturated heterocycles. The Morgan fingerprint density at radius 2 is 2.20 bits per heavy atom. The molecule has 0 spiro atoms. The fourth-order valence-electron chi connectivity index (χ4n) is 1.59. The second-order valence-electron chi connectivity index (χ2n) is 3.70. The number of carbonyl (C=O) groups excluding carboxylic acids is 1. The molecule has 1 fully saturated rings. The first-order valence-electron chi connectivity index (χ1n) is 5.23. The van der Waals surface area contributed by atoms with Crippen LogP contribution in [0.5, 0.6) is 0 Å². The van der Waals surface area contributed by atoms with Gasteiger partial charge in [0, 0.05) is 19.0 Å². The van der Waals surface area contributed by atoms with Gasteiger partial charge in [0.25, 0.3) is 0 Å². The van der Waals surface area contributed by atoms with E-state index in [9.17, 15) is 4.79 Å². The Labute approximate surface area is 88.7 Å². The minimum Gasteiger partial charge on any atom is -0.370 e. The molecule has 0 N–H and O–H groups in total. The molecule has 0 amide bonds. The average molecular weight is 206 g/mol. The topological polar surface area (TPSA) is 52.1 Å². The lowest BCUT2D eigenvalue weighted by atomic mass is 10.1. The Bertz CT molecular complexity index is 336. The molecule has 80 valence electrons. The zero-order chi connectivity index (χ0) is 10.7. The normalized spacial score (nSPS) is 17.4. The Morgan fingerprint density at radius 3 is 2.73 bits per heavy atom. The van der Waals surface area contributed by atoms with Crippen LogP contribution in [0.25, 0.3) is 0 Å². The van der Waals surface area contributed by atoms with Gasteiger partial charge < -0.3 is 4.74 Å². The van der Waals surface area contributed by atoms with Gasteiger partial charge in [-0.15, -0.1) is 0 Å². The van der Waals surface area contributed by atoms with Crippen LogP contribution in [0.4, 0.5) is 0 Å².